The third-order valence-corrected chi connectivity index (χ3v) is 3.00. The van der Waals surface area contributed by atoms with Crippen LogP contribution < -0.4 is 0 Å². The Morgan fingerprint density at radius 1 is 1.19 bits per heavy atom. The molecular formula is C10H16Cl3NOS. The number of thiocarbonyl (C=S) groups is 1. The van der Waals surface area contributed by atoms with Crippen LogP contribution in [0.1, 0.15) is 27.7 Å². The van der Waals surface area contributed by atoms with E-state index in [2.05, 4.69) is 0 Å². The lowest BCUT2D eigenvalue weighted by atomic mass is 10.3. The summed E-state index contributed by atoms with van der Waals surface area (Å²) in [6.45, 7) is 8.16. The van der Waals surface area contributed by atoms with E-state index in [0.29, 0.717) is 16.8 Å². The molecule has 0 aliphatic carbocycles. The minimum atomic E-state index is 0.0305. The normalized spacial score (nSPS) is 10.6. The maximum absolute atomic E-state index is 5.89. The Kier molecular flexibility index (Phi) is 7.73. The van der Waals surface area contributed by atoms with Gasteiger partial charge >= 0.3 is 0 Å². The van der Waals surface area contributed by atoms with Crippen molar-refractivity contribution >= 4 is 52.2 Å². The van der Waals surface area contributed by atoms with Crippen molar-refractivity contribution in [3.63, 3.8) is 0 Å². The van der Waals surface area contributed by atoms with Gasteiger partial charge in [-0.1, -0.05) is 34.8 Å². The first-order valence-electron chi connectivity index (χ1n) is 4.92. The summed E-state index contributed by atoms with van der Waals surface area (Å²) in [5, 5.41) is 0.754. The van der Waals surface area contributed by atoms with Crippen LogP contribution in [0.3, 0.4) is 0 Å². The molecule has 0 saturated carbocycles. The molecular weight excluding hydrogens is 289 g/mol. The summed E-state index contributed by atoms with van der Waals surface area (Å²) in [6, 6.07) is 0.160. The Morgan fingerprint density at radius 3 is 2.00 bits per heavy atom. The van der Waals surface area contributed by atoms with E-state index in [9.17, 15) is 0 Å². The predicted molar refractivity (Wildman–Crippen MR) is 75.2 cm³/mol. The molecule has 0 saturated heterocycles. The Hall–Kier alpha value is 0.300. The van der Waals surface area contributed by atoms with Gasteiger partial charge in [0.05, 0.1) is 17.7 Å². The smallest absolute Gasteiger partial charge is 0.260 e. The summed E-state index contributed by atoms with van der Waals surface area (Å²) in [5.74, 6) is 0. The van der Waals surface area contributed by atoms with E-state index < -0.39 is 0 Å². The lowest BCUT2D eigenvalue weighted by molar-refractivity contribution is 0.179. The van der Waals surface area contributed by atoms with Crippen LogP contribution in [0.15, 0.2) is 9.52 Å². The van der Waals surface area contributed by atoms with Gasteiger partial charge in [0, 0.05) is 6.04 Å². The highest BCUT2D eigenvalue weighted by atomic mass is 35.5. The molecule has 2 nitrogen and oxygen atoms in total. The van der Waals surface area contributed by atoms with Crippen LogP contribution >= 0.6 is 47.0 Å². The van der Waals surface area contributed by atoms with Gasteiger partial charge in [-0.05, 0) is 39.9 Å². The van der Waals surface area contributed by atoms with Crippen molar-refractivity contribution in [2.45, 2.75) is 39.8 Å². The first kappa shape index (κ1) is 16.3. The first-order chi connectivity index (χ1) is 7.25. The van der Waals surface area contributed by atoms with Gasteiger partial charge in [-0.2, -0.15) is 0 Å². The van der Waals surface area contributed by atoms with Crippen LogP contribution in [0.4, 0.5) is 0 Å². The van der Waals surface area contributed by atoms with Crippen molar-refractivity contribution in [1.29, 1.82) is 0 Å². The Labute approximate surface area is 117 Å². The second-order valence-electron chi connectivity index (χ2n) is 3.82. The molecule has 0 N–H and O–H groups in total. The number of hydrogen-bond donors (Lipinski definition) is 0. The molecule has 0 spiro atoms. The van der Waals surface area contributed by atoms with Gasteiger partial charge in [0.25, 0.3) is 5.17 Å². The average molecular weight is 305 g/mol. The van der Waals surface area contributed by atoms with Gasteiger partial charge in [0.2, 0.25) is 0 Å². The van der Waals surface area contributed by atoms with Crippen LogP contribution in [-0.4, -0.2) is 28.8 Å². The van der Waals surface area contributed by atoms with Crippen LogP contribution in [0.5, 0.6) is 0 Å². The molecule has 0 aromatic rings. The molecule has 0 bridgehead atoms. The Morgan fingerprint density at radius 2 is 1.69 bits per heavy atom. The van der Waals surface area contributed by atoms with Gasteiger partial charge in [-0.3, -0.25) is 0 Å². The Balaban J connectivity index is 4.63. The monoisotopic (exact) mass is 303 g/mol. The van der Waals surface area contributed by atoms with Crippen molar-refractivity contribution in [3.05, 3.63) is 9.52 Å². The van der Waals surface area contributed by atoms with E-state index in [1.807, 2.05) is 32.6 Å². The van der Waals surface area contributed by atoms with Gasteiger partial charge < -0.3 is 9.64 Å². The third kappa shape index (κ3) is 6.14. The number of halogens is 3. The van der Waals surface area contributed by atoms with Crippen molar-refractivity contribution in [2.24, 2.45) is 0 Å². The van der Waals surface area contributed by atoms with Gasteiger partial charge in [0.15, 0.2) is 0 Å². The highest BCUT2D eigenvalue weighted by Crippen LogP contribution is 2.20. The van der Waals surface area contributed by atoms with E-state index in [0.717, 1.165) is 0 Å². The fraction of sp³-hybridized carbons (Fsp3) is 0.700. The van der Waals surface area contributed by atoms with Gasteiger partial charge in [-0.15, -0.1) is 0 Å². The van der Waals surface area contributed by atoms with Gasteiger partial charge in [-0.25, -0.2) is 0 Å². The van der Waals surface area contributed by atoms with Crippen molar-refractivity contribution < 1.29 is 4.74 Å². The number of rotatable bonds is 4. The quantitative estimate of drug-likeness (QED) is 0.719. The molecule has 0 aromatic carbocycles. The lowest BCUT2D eigenvalue weighted by Crippen LogP contribution is -2.39. The molecule has 0 aromatic heterocycles. The molecule has 0 fully saturated rings. The molecule has 0 unspecified atom stereocenters. The zero-order valence-corrected chi connectivity index (χ0v) is 12.8. The summed E-state index contributed by atoms with van der Waals surface area (Å²) >= 11 is 22.2. The molecule has 0 amide bonds. The van der Waals surface area contributed by atoms with Crippen molar-refractivity contribution in [1.82, 2.24) is 4.90 Å². The minimum absolute atomic E-state index is 0.0305. The topological polar surface area (TPSA) is 12.5 Å². The molecule has 6 heteroatoms. The lowest BCUT2D eigenvalue weighted by Gasteiger charge is -2.29. The zero-order valence-electron chi connectivity index (χ0n) is 9.76. The minimum Gasteiger partial charge on any atom is -0.468 e. The number of hydrogen-bond acceptors (Lipinski definition) is 2. The van der Waals surface area contributed by atoms with Crippen LogP contribution in [0.25, 0.3) is 0 Å². The molecule has 0 aliphatic heterocycles. The summed E-state index contributed by atoms with van der Waals surface area (Å²) in [4.78, 5) is 1.82. The molecule has 0 radical (unpaired) electrons. The summed E-state index contributed by atoms with van der Waals surface area (Å²) in [6.07, 6.45) is 0.0305. The molecule has 0 heterocycles. The Bertz CT molecular complexity index is 275. The summed E-state index contributed by atoms with van der Waals surface area (Å²) in [7, 11) is 0. The largest absolute Gasteiger partial charge is 0.468 e. The van der Waals surface area contributed by atoms with Crippen LogP contribution in [-0.2, 0) is 4.74 Å². The first-order valence-corrected chi connectivity index (χ1v) is 6.46. The summed E-state index contributed by atoms with van der Waals surface area (Å²) in [5.41, 5.74) is 0. The van der Waals surface area contributed by atoms with E-state index in [-0.39, 0.29) is 16.6 Å². The maximum Gasteiger partial charge on any atom is 0.260 e. The zero-order chi connectivity index (χ0) is 12.9. The van der Waals surface area contributed by atoms with Crippen molar-refractivity contribution in [2.75, 3.05) is 6.54 Å². The average Bonchev–Trinajstić information content (AvgIpc) is 2.11. The van der Waals surface area contributed by atoms with Crippen molar-refractivity contribution in [3.8, 4) is 0 Å². The second-order valence-corrected chi connectivity index (χ2v) is 5.57. The molecule has 16 heavy (non-hydrogen) atoms. The highest BCUT2D eigenvalue weighted by molar-refractivity contribution is 7.80. The second kappa shape index (κ2) is 7.59. The maximum atomic E-state index is 5.89. The van der Waals surface area contributed by atoms with E-state index in [1.165, 1.54) is 0 Å². The third-order valence-electron chi connectivity index (χ3n) is 1.71. The molecule has 94 valence electrons. The van der Waals surface area contributed by atoms with E-state index in [4.69, 9.17) is 51.8 Å². The van der Waals surface area contributed by atoms with Crippen LogP contribution in [0, 0.1) is 0 Å². The summed E-state index contributed by atoms with van der Waals surface area (Å²) < 4.78 is 5.50. The van der Waals surface area contributed by atoms with E-state index in [1.54, 1.807) is 0 Å². The van der Waals surface area contributed by atoms with E-state index >= 15 is 0 Å². The number of nitrogens with zero attached hydrogens (tertiary/aromatic N) is 1. The van der Waals surface area contributed by atoms with Gasteiger partial charge in [0.1, 0.15) is 4.49 Å². The fourth-order valence-corrected chi connectivity index (χ4v) is 1.65. The predicted octanol–water partition coefficient (Wildman–Crippen LogP) is 4.29. The molecule has 0 aliphatic rings. The highest BCUT2D eigenvalue weighted by Gasteiger charge is 2.17. The number of ether oxygens (including phenoxy) is 1. The molecule has 0 atom stereocenters. The fourth-order valence-electron chi connectivity index (χ4n) is 0.937. The SMILES string of the molecule is CC(C)OC(=S)N(CC(Cl)=C(Cl)Cl)C(C)C. The van der Waals surface area contributed by atoms with Crippen LogP contribution in [0.2, 0.25) is 0 Å². The molecule has 0 rings (SSSR count). The standard InChI is InChI=1S/C10H16Cl3NOS/c1-6(2)14(5-8(11)9(12)13)10(16)15-7(3)4/h6-7H,5H2,1-4H3.